The molecule has 1 aromatic heterocycles. The molecule has 3 aromatic rings. The topological polar surface area (TPSA) is 48.7 Å². The van der Waals surface area contributed by atoms with E-state index in [9.17, 15) is 5.26 Å². The highest BCUT2D eigenvalue weighted by Gasteiger charge is 2.25. The summed E-state index contributed by atoms with van der Waals surface area (Å²) in [6.45, 7) is 0.969. The van der Waals surface area contributed by atoms with E-state index < -0.39 is 0 Å². The molecule has 4 rings (SSSR count). The maximum absolute atomic E-state index is 9.90. The van der Waals surface area contributed by atoms with E-state index in [2.05, 4.69) is 11.4 Å². The van der Waals surface area contributed by atoms with Crippen LogP contribution in [-0.2, 0) is 0 Å². The van der Waals surface area contributed by atoms with Crippen LogP contribution in [0.3, 0.4) is 0 Å². The quantitative estimate of drug-likeness (QED) is 0.729. The van der Waals surface area contributed by atoms with Gasteiger partial charge in [-0.2, -0.15) is 5.26 Å². The first-order chi connectivity index (χ1) is 11.8. The van der Waals surface area contributed by atoms with Crippen LogP contribution < -0.4 is 5.32 Å². The van der Waals surface area contributed by atoms with Crippen molar-refractivity contribution in [3.63, 3.8) is 0 Å². The van der Waals surface area contributed by atoms with Crippen molar-refractivity contribution < 1.29 is 0 Å². The summed E-state index contributed by atoms with van der Waals surface area (Å²) in [7, 11) is 0. The second-order valence-corrected chi connectivity index (χ2v) is 6.47. The molecule has 118 valence electrons. The Bertz CT molecular complexity index is 938. The van der Waals surface area contributed by atoms with E-state index >= 15 is 0 Å². The molecule has 4 heteroatoms. The number of nitriles is 1. The summed E-state index contributed by atoms with van der Waals surface area (Å²) >= 11 is 6.22. The first-order valence-corrected chi connectivity index (χ1v) is 8.48. The van der Waals surface area contributed by atoms with Crippen LogP contribution in [0.2, 0.25) is 5.02 Å². The predicted octanol–water partition coefficient (Wildman–Crippen LogP) is 4.85. The number of halogens is 1. The number of benzene rings is 2. The molecule has 1 aliphatic heterocycles. The van der Waals surface area contributed by atoms with Crippen molar-refractivity contribution in [2.24, 2.45) is 0 Å². The molecule has 1 N–H and O–H groups in total. The second-order valence-electron chi connectivity index (χ2n) is 6.04. The van der Waals surface area contributed by atoms with Gasteiger partial charge in [-0.15, -0.1) is 0 Å². The number of hydrogen-bond acceptors (Lipinski definition) is 3. The Balaban J connectivity index is 2.09. The monoisotopic (exact) mass is 333 g/mol. The summed E-state index contributed by atoms with van der Waals surface area (Å²) in [6.07, 6.45) is 2.12. The number of nitrogens with zero attached hydrogens (tertiary/aromatic N) is 2. The smallest absolute Gasteiger partial charge is 0.102 e. The van der Waals surface area contributed by atoms with E-state index in [0.29, 0.717) is 10.6 Å². The third-order valence-corrected chi connectivity index (χ3v) is 4.77. The zero-order valence-electron chi connectivity index (χ0n) is 13.1. The summed E-state index contributed by atoms with van der Waals surface area (Å²) in [6, 6.07) is 18.2. The average Bonchev–Trinajstić information content (AvgIpc) is 3.15. The van der Waals surface area contributed by atoms with E-state index in [4.69, 9.17) is 16.6 Å². The molecule has 2 heterocycles. The number of rotatable bonds is 2. The summed E-state index contributed by atoms with van der Waals surface area (Å²) in [4.78, 5) is 4.81. The number of nitrogens with one attached hydrogen (secondary N) is 1. The van der Waals surface area contributed by atoms with Gasteiger partial charge in [-0.25, -0.2) is 4.98 Å². The van der Waals surface area contributed by atoms with Gasteiger partial charge in [-0.05, 0) is 43.1 Å². The maximum atomic E-state index is 9.90. The molecule has 1 saturated heterocycles. The Labute approximate surface area is 145 Å². The molecule has 1 aliphatic rings. The number of aromatic nitrogens is 1. The van der Waals surface area contributed by atoms with Crippen LogP contribution in [-0.4, -0.2) is 11.5 Å². The van der Waals surface area contributed by atoms with E-state index in [1.54, 1.807) is 0 Å². The van der Waals surface area contributed by atoms with Gasteiger partial charge in [0.25, 0.3) is 0 Å². The van der Waals surface area contributed by atoms with Crippen molar-refractivity contribution in [2.45, 2.75) is 18.9 Å². The molecular weight excluding hydrogens is 318 g/mol. The van der Waals surface area contributed by atoms with Gasteiger partial charge in [-0.1, -0.05) is 41.9 Å². The lowest BCUT2D eigenvalue weighted by molar-refractivity contribution is 0.629. The van der Waals surface area contributed by atoms with Crippen LogP contribution in [0.25, 0.3) is 22.0 Å². The van der Waals surface area contributed by atoms with Crippen LogP contribution in [0.4, 0.5) is 0 Å². The van der Waals surface area contributed by atoms with Gasteiger partial charge >= 0.3 is 0 Å². The molecule has 1 fully saturated rings. The molecule has 0 saturated carbocycles. The maximum Gasteiger partial charge on any atom is 0.102 e. The molecule has 0 radical (unpaired) electrons. The molecule has 24 heavy (non-hydrogen) atoms. The van der Waals surface area contributed by atoms with E-state index in [1.165, 1.54) is 0 Å². The van der Waals surface area contributed by atoms with Crippen molar-refractivity contribution in [1.29, 1.82) is 5.26 Å². The minimum absolute atomic E-state index is 0.141. The highest BCUT2D eigenvalue weighted by molar-refractivity contribution is 6.31. The SMILES string of the molecule is N#Cc1c(C2CCCN2)nc2ccc(Cl)cc2c1-c1ccccc1. The highest BCUT2D eigenvalue weighted by Crippen LogP contribution is 2.37. The number of hydrogen-bond donors (Lipinski definition) is 1. The number of fused-ring (bicyclic) bond motifs is 1. The minimum Gasteiger partial charge on any atom is -0.309 e. The standard InChI is InChI=1S/C20H16ClN3/c21-14-8-9-17-15(11-14)19(13-5-2-1-3-6-13)16(12-22)20(24-17)18-7-4-10-23-18/h1-3,5-6,8-9,11,18,23H,4,7,10H2. The van der Waals surface area contributed by atoms with Gasteiger partial charge in [0.05, 0.1) is 22.8 Å². The third kappa shape index (κ3) is 2.54. The molecule has 2 aromatic carbocycles. The first-order valence-electron chi connectivity index (χ1n) is 8.10. The predicted molar refractivity (Wildman–Crippen MR) is 96.9 cm³/mol. The number of pyridine rings is 1. The van der Waals surface area contributed by atoms with Gasteiger partial charge in [0.2, 0.25) is 0 Å². The van der Waals surface area contributed by atoms with Gasteiger partial charge in [0.1, 0.15) is 6.07 Å². The molecule has 1 unspecified atom stereocenters. The van der Waals surface area contributed by atoms with Gasteiger partial charge in [0, 0.05) is 16.0 Å². The molecular formula is C20H16ClN3. The summed E-state index contributed by atoms with van der Waals surface area (Å²) in [5.41, 5.74) is 4.32. The fourth-order valence-corrected chi connectivity index (χ4v) is 3.61. The Morgan fingerprint density at radius 3 is 2.71 bits per heavy atom. The summed E-state index contributed by atoms with van der Waals surface area (Å²) in [5.74, 6) is 0. The molecule has 0 amide bonds. The molecule has 1 atom stereocenters. The van der Waals surface area contributed by atoms with Crippen molar-refractivity contribution >= 4 is 22.5 Å². The first kappa shape index (κ1) is 15.1. The Morgan fingerprint density at radius 1 is 1.17 bits per heavy atom. The zero-order chi connectivity index (χ0) is 16.5. The van der Waals surface area contributed by atoms with E-state index in [-0.39, 0.29) is 6.04 Å². The van der Waals surface area contributed by atoms with Crippen LogP contribution in [0.15, 0.2) is 48.5 Å². The lowest BCUT2D eigenvalue weighted by Crippen LogP contribution is -2.16. The lowest BCUT2D eigenvalue weighted by atomic mass is 9.92. The third-order valence-electron chi connectivity index (χ3n) is 4.54. The zero-order valence-corrected chi connectivity index (χ0v) is 13.8. The summed E-state index contributed by atoms with van der Waals surface area (Å²) < 4.78 is 0. The Kier molecular flexibility index (Phi) is 3.93. The van der Waals surface area contributed by atoms with Crippen LogP contribution >= 0.6 is 11.6 Å². The van der Waals surface area contributed by atoms with Crippen molar-refractivity contribution in [3.8, 4) is 17.2 Å². The van der Waals surface area contributed by atoms with Crippen LogP contribution in [0.5, 0.6) is 0 Å². The minimum atomic E-state index is 0.141. The molecule has 0 bridgehead atoms. The van der Waals surface area contributed by atoms with Crippen molar-refractivity contribution in [1.82, 2.24) is 10.3 Å². The Hall–Kier alpha value is -2.41. The lowest BCUT2D eigenvalue weighted by Gasteiger charge is -2.17. The Morgan fingerprint density at radius 2 is 2.00 bits per heavy atom. The van der Waals surface area contributed by atoms with Crippen LogP contribution in [0.1, 0.15) is 30.1 Å². The van der Waals surface area contributed by atoms with E-state index in [0.717, 1.165) is 47.1 Å². The summed E-state index contributed by atoms with van der Waals surface area (Å²) in [5, 5.41) is 14.9. The van der Waals surface area contributed by atoms with Gasteiger partial charge in [-0.3, -0.25) is 0 Å². The second kappa shape index (κ2) is 6.24. The van der Waals surface area contributed by atoms with Gasteiger partial charge in [0.15, 0.2) is 0 Å². The largest absolute Gasteiger partial charge is 0.309 e. The normalized spacial score (nSPS) is 17.1. The molecule has 0 aliphatic carbocycles. The van der Waals surface area contributed by atoms with Crippen LogP contribution in [0, 0.1) is 11.3 Å². The highest BCUT2D eigenvalue weighted by atomic mass is 35.5. The average molecular weight is 334 g/mol. The molecule has 0 spiro atoms. The van der Waals surface area contributed by atoms with Crippen molar-refractivity contribution in [2.75, 3.05) is 6.54 Å². The molecule has 3 nitrogen and oxygen atoms in total. The van der Waals surface area contributed by atoms with Gasteiger partial charge < -0.3 is 5.32 Å². The fourth-order valence-electron chi connectivity index (χ4n) is 3.44. The van der Waals surface area contributed by atoms with E-state index in [1.807, 2.05) is 48.5 Å². The van der Waals surface area contributed by atoms with Crippen molar-refractivity contribution in [3.05, 3.63) is 64.8 Å². The fraction of sp³-hybridized carbons (Fsp3) is 0.200.